The number of ether oxygens (including phenoxy) is 2. The minimum atomic E-state index is -1.56. The van der Waals surface area contributed by atoms with Crippen LogP contribution in [0.2, 0.25) is 0 Å². The van der Waals surface area contributed by atoms with Crippen LogP contribution in [0.25, 0.3) is 0 Å². The first-order valence-electron chi connectivity index (χ1n) is 10.5. The fourth-order valence-corrected chi connectivity index (χ4v) is 6.38. The van der Waals surface area contributed by atoms with Gasteiger partial charge in [0.2, 0.25) is 0 Å². The van der Waals surface area contributed by atoms with Gasteiger partial charge in [-0.1, -0.05) is 0 Å². The van der Waals surface area contributed by atoms with Crippen LogP contribution in [0.5, 0.6) is 0 Å². The Kier molecular flexibility index (Phi) is 5.00. The van der Waals surface area contributed by atoms with Gasteiger partial charge < -0.3 is 9.47 Å². The molecule has 0 heterocycles. The summed E-state index contributed by atoms with van der Waals surface area (Å²) in [5.41, 5.74) is -0.182. The molecule has 0 N–H and O–H groups in total. The molecule has 26 heavy (non-hydrogen) atoms. The third kappa shape index (κ3) is 3.63. The van der Waals surface area contributed by atoms with Gasteiger partial charge in [-0.2, -0.15) is 0 Å². The van der Waals surface area contributed by atoms with Crippen LogP contribution in [0.15, 0.2) is 0 Å². The van der Waals surface area contributed by atoms with Crippen molar-refractivity contribution in [3.63, 3.8) is 0 Å². The summed E-state index contributed by atoms with van der Waals surface area (Å²) in [7, 11) is 0. The van der Waals surface area contributed by atoms with E-state index in [-0.39, 0.29) is 17.5 Å². The standard InChI is InChI=1S/C21H31FO4/c1-13(22)19(23)26-18-4-2-14(3-5-18)12-25-20(24)21-9-15-6-16(10-21)8-17(7-15)11-21/h13-18H,2-12H2,1H3. The van der Waals surface area contributed by atoms with E-state index in [1.54, 1.807) is 0 Å². The summed E-state index contributed by atoms with van der Waals surface area (Å²) < 4.78 is 23.9. The molecular weight excluding hydrogens is 335 g/mol. The van der Waals surface area contributed by atoms with Crippen LogP contribution in [-0.2, 0) is 19.1 Å². The van der Waals surface area contributed by atoms with E-state index < -0.39 is 12.1 Å². The molecule has 146 valence electrons. The highest BCUT2D eigenvalue weighted by atomic mass is 19.1. The van der Waals surface area contributed by atoms with Crippen LogP contribution in [-0.4, -0.2) is 30.8 Å². The summed E-state index contributed by atoms with van der Waals surface area (Å²) in [6.45, 7) is 1.69. The number of hydrogen-bond donors (Lipinski definition) is 0. The van der Waals surface area contributed by atoms with Gasteiger partial charge in [-0.3, -0.25) is 4.79 Å². The van der Waals surface area contributed by atoms with Crippen molar-refractivity contribution in [1.82, 2.24) is 0 Å². The minimum absolute atomic E-state index is 0.0522. The number of halogens is 1. The Morgan fingerprint density at radius 2 is 1.54 bits per heavy atom. The van der Waals surface area contributed by atoms with E-state index in [2.05, 4.69) is 0 Å². The molecule has 0 aromatic carbocycles. The molecule has 0 aliphatic heterocycles. The molecule has 0 aromatic rings. The zero-order chi connectivity index (χ0) is 18.3. The highest BCUT2D eigenvalue weighted by Crippen LogP contribution is 2.60. The van der Waals surface area contributed by atoms with Gasteiger partial charge in [0.15, 0.2) is 6.17 Å². The number of alkyl halides is 1. The van der Waals surface area contributed by atoms with Crippen LogP contribution in [0.4, 0.5) is 4.39 Å². The van der Waals surface area contributed by atoms with Crippen LogP contribution in [0, 0.1) is 29.1 Å². The minimum Gasteiger partial charge on any atom is -0.465 e. The lowest BCUT2D eigenvalue weighted by atomic mass is 9.49. The smallest absolute Gasteiger partial charge is 0.340 e. The molecule has 0 spiro atoms. The fraction of sp³-hybridized carbons (Fsp3) is 0.905. The van der Waals surface area contributed by atoms with Crippen LogP contribution in [0.3, 0.4) is 0 Å². The maximum atomic E-state index is 12.9. The molecule has 0 aromatic heterocycles. The fourth-order valence-electron chi connectivity index (χ4n) is 6.38. The molecule has 0 amide bonds. The average molecular weight is 366 g/mol. The topological polar surface area (TPSA) is 52.6 Å². The summed E-state index contributed by atoms with van der Waals surface area (Å²) in [4.78, 5) is 24.2. The summed E-state index contributed by atoms with van der Waals surface area (Å²) >= 11 is 0. The molecule has 4 nitrogen and oxygen atoms in total. The summed E-state index contributed by atoms with van der Waals surface area (Å²) in [6.07, 6.45) is 8.57. The molecule has 4 bridgehead atoms. The molecule has 5 aliphatic rings. The van der Waals surface area contributed by atoms with Crippen molar-refractivity contribution in [2.45, 2.75) is 83.4 Å². The van der Waals surface area contributed by atoms with E-state index >= 15 is 0 Å². The van der Waals surface area contributed by atoms with Gasteiger partial charge in [0, 0.05) is 0 Å². The largest absolute Gasteiger partial charge is 0.465 e. The predicted octanol–water partition coefficient (Wildman–Crippen LogP) is 4.21. The lowest BCUT2D eigenvalue weighted by Crippen LogP contribution is -2.50. The first kappa shape index (κ1) is 18.2. The number of esters is 2. The van der Waals surface area contributed by atoms with Crippen molar-refractivity contribution < 1.29 is 23.5 Å². The van der Waals surface area contributed by atoms with E-state index in [1.807, 2.05) is 0 Å². The quantitative estimate of drug-likeness (QED) is 0.684. The van der Waals surface area contributed by atoms with Gasteiger partial charge in [-0.05, 0) is 94.8 Å². The Bertz CT molecular complexity index is 515. The first-order chi connectivity index (χ1) is 12.4. The van der Waals surface area contributed by atoms with Crippen molar-refractivity contribution in [3.8, 4) is 0 Å². The Labute approximate surface area is 155 Å². The van der Waals surface area contributed by atoms with Gasteiger partial charge in [0.1, 0.15) is 6.10 Å². The average Bonchev–Trinajstić information content (AvgIpc) is 2.59. The zero-order valence-corrected chi connectivity index (χ0v) is 15.8. The molecule has 1 unspecified atom stereocenters. The number of carbonyl (C=O) groups excluding carboxylic acids is 2. The maximum Gasteiger partial charge on any atom is 0.340 e. The monoisotopic (exact) mass is 366 g/mol. The molecule has 0 radical (unpaired) electrons. The van der Waals surface area contributed by atoms with E-state index in [0.717, 1.165) is 62.7 Å². The second kappa shape index (κ2) is 7.12. The third-order valence-electron chi connectivity index (χ3n) is 7.32. The summed E-state index contributed by atoms with van der Waals surface area (Å²) in [6, 6.07) is 0. The SMILES string of the molecule is CC(F)C(=O)OC1CCC(COC(=O)C23CC4CC(CC(C4)C2)C3)CC1. The molecule has 5 rings (SSSR count). The zero-order valence-electron chi connectivity index (χ0n) is 15.8. The normalized spacial score (nSPS) is 42.3. The molecule has 5 heteroatoms. The van der Waals surface area contributed by atoms with E-state index in [4.69, 9.17) is 9.47 Å². The number of hydrogen-bond acceptors (Lipinski definition) is 4. The molecule has 5 aliphatic carbocycles. The van der Waals surface area contributed by atoms with E-state index in [9.17, 15) is 14.0 Å². The first-order valence-corrected chi connectivity index (χ1v) is 10.5. The van der Waals surface area contributed by atoms with Crippen molar-refractivity contribution in [2.75, 3.05) is 6.61 Å². The van der Waals surface area contributed by atoms with Crippen molar-refractivity contribution in [3.05, 3.63) is 0 Å². The highest BCUT2D eigenvalue weighted by molar-refractivity contribution is 5.77. The van der Waals surface area contributed by atoms with Crippen LogP contribution < -0.4 is 0 Å². The summed E-state index contributed by atoms with van der Waals surface area (Å²) in [5.74, 6) is 1.87. The van der Waals surface area contributed by atoms with Crippen molar-refractivity contribution in [2.24, 2.45) is 29.1 Å². The van der Waals surface area contributed by atoms with Gasteiger partial charge in [0.05, 0.1) is 12.0 Å². The Morgan fingerprint density at radius 3 is 2.04 bits per heavy atom. The number of carbonyl (C=O) groups is 2. The second-order valence-corrected chi connectivity index (χ2v) is 9.49. The Morgan fingerprint density at radius 1 is 1.00 bits per heavy atom. The Hall–Kier alpha value is -1.13. The second-order valence-electron chi connectivity index (χ2n) is 9.49. The van der Waals surface area contributed by atoms with Crippen molar-refractivity contribution in [1.29, 1.82) is 0 Å². The molecule has 1 atom stereocenters. The van der Waals surface area contributed by atoms with Gasteiger partial charge in [-0.15, -0.1) is 0 Å². The lowest BCUT2D eigenvalue weighted by Gasteiger charge is -2.55. The predicted molar refractivity (Wildman–Crippen MR) is 94.0 cm³/mol. The molecule has 5 fully saturated rings. The van der Waals surface area contributed by atoms with Crippen LogP contribution >= 0.6 is 0 Å². The lowest BCUT2D eigenvalue weighted by molar-refractivity contribution is -0.173. The van der Waals surface area contributed by atoms with Gasteiger partial charge in [-0.25, -0.2) is 9.18 Å². The van der Waals surface area contributed by atoms with Crippen molar-refractivity contribution >= 4 is 11.9 Å². The Balaban J connectivity index is 1.23. The molecular formula is C21H31FO4. The van der Waals surface area contributed by atoms with Gasteiger partial charge in [0.25, 0.3) is 0 Å². The number of rotatable bonds is 5. The highest BCUT2D eigenvalue weighted by Gasteiger charge is 2.55. The van der Waals surface area contributed by atoms with Crippen LogP contribution in [0.1, 0.15) is 71.1 Å². The molecule has 0 saturated heterocycles. The van der Waals surface area contributed by atoms with Gasteiger partial charge >= 0.3 is 11.9 Å². The maximum absolute atomic E-state index is 12.9. The summed E-state index contributed by atoms with van der Waals surface area (Å²) in [5, 5.41) is 0. The van der Waals surface area contributed by atoms with E-state index in [0.29, 0.717) is 12.5 Å². The van der Waals surface area contributed by atoms with E-state index in [1.165, 1.54) is 26.2 Å². The molecule has 5 saturated carbocycles. The third-order valence-corrected chi connectivity index (χ3v) is 7.32.